The number of carbonyl (C=O) groups is 1. The number of carbonyl (C=O) groups excluding carboxylic acids is 1. The van der Waals surface area contributed by atoms with E-state index in [2.05, 4.69) is 11.6 Å². The van der Waals surface area contributed by atoms with E-state index in [1.807, 2.05) is 37.3 Å². The van der Waals surface area contributed by atoms with Crippen molar-refractivity contribution < 1.29 is 13.2 Å². The van der Waals surface area contributed by atoms with Crippen molar-refractivity contribution in [1.82, 2.24) is 9.29 Å². The highest BCUT2D eigenvalue weighted by Gasteiger charge is 2.50. The van der Waals surface area contributed by atoms with Gasteiger partial charge in [0, 0.05) is 23.9 Å². The molecule has 2 atom stereocenters. The van der Waals surface area contributed by atoms with Crippen LogP contribution in [0.4, 0.5) is 0 Å². The Hall–Kier alpha value is -3.25. The summed E-state index contributed by atoms with van der Waals surface area (Å²) in [5.41, 5.74) is 2.66. The molecular weight excluding hydrogens is 384 g/mol. The number of sulfonamides is 1. The third-order valence-corrected chi connectivity index (χ3v) is 6.96. The molecule has 6 heteroatoms. The van der Waals surface area contributed by atoms with Crippen LogP contribution in [0.25, 0.3) is 0 Å². The molecule has 1 aliphatic rings. The first-order chi connectivity index (χ1) is 13.9. The highest BCUT2D eigenvalue weighted by molar-refractivity contribution is 7.89. The molecule has 2 heterocycles. The number of aryl methyl sites for hydroxylation is 1. The quantitative estimate of drug-likeness (QED) is 0.617. The second kappa shape index (κ2) is 7.29. The molecular formula is C23H20N2O3S. The van der Waals surface area contributed by atoms with Gasteiger partial charge in [0.15, 0.2) is 0 Å². The molecule has 146 valence electrons. The van der Waals surface area contributed by atoms with Crippen LogP contribution in [-0.2, 0) is 14.8 Å². The molecule has 1 aliphatic heterocycles. The topological polar surface area (TPSA) is 67.3 Å². The zero-order valence-electron chi connectivity index (χ0n) is 15.9. The fraction of sp³-hybridized carbons (Fsp3) is 0.130. The average molecular weight is 404 g/mol. The summed E-state index contributed by atoms with van der Waals surface area (Å²) in [5.74, 6) is -1.08. The van der Waals surface area contributed by atoms with Crippen molar-refractivity contribution in [1.29, 1.82) is 0 Å². The highest BCUT2D eigenvalue weighted by Crippen LogP contribution is 2.49. The first-order valence-corrected chi connectivity index (χ1v) is 10.6. The molecule has 0 bridgehead atoms. The molecule has 1 saturated heterocycles. The van der Waals surface area contributed by atoms with Crippen molar-refractivity contribution in [3.8, 4) is 0 Å². The first-order valence-electron chi connectivity index (χ1n) is 9.20. The molecule has 0 unspecified atom stereocenters. The number of benzene rings is 2. The maximum absolute atomic E-state index is 13.5. The summed E-state index contributed by atoms with van der Waals surface area (Å²) in [6.07, 6.45) is 3.22. The molecule has 3 aromatic rings. The van der Waals surface area contributed by atoms with Crippen molar-refractivity contribution in [3.63, 3.8) is 0 Å². The van der Waals surface area contributed by atoms with Crippen LogP contribution in [0, 0.1) is 6.92 Å². The molecule has 1 fully saturated rings. The van der Waals surface area contributed by atoms with Gasteiger partial charge in [-0.2, -0.15) is 0 Å². The lowest BCUT2D eigenvalue weighted by Crippen LogP contribution is -2.35. The SMILES string of the molecule is C=C1C(=O)N(S(=O)(=O)c2ccc(C)cc2)[C@H](c2cccnc2)[C@@H]1c1ccccc1. The molecule has 0 N–H and O–H groups in total. The summed E-state index contributed by atoms with van der Waals surface area (Å²) in [6.45, 7) is 5.84. The third kappa shape index (κ3) is 3.25. The Labute approximate surface area is 170 Å². The maximum atomic E-state index is 13.5. The molecule has 0 aliphatic carbocycles. The summed E-state index contributed by atoms with van der Waals surface area (Å²) >= 11 is 0. The Morgan fingerprint density at radius 1 is 0.931 bits per heavy atom. The van der Waals surface area contributed by atoms with Crippen molar-refractivity contribution in [2.24, 2.45) is 0 Å². The van der Waals surface area contributed by atoms with Gasteiger partial charge in [-0.15, -0.1) is 0 Å². The lowest BCUT2D eigenvalue weighted by Gasteiger charge is -2.27. The minimum atomic E-state index is -4.08. The van der Waals surface area contributed by atoms with E-state index in [0.29, 0.717) is 5.56 Å². The second-order valence-electron chi connectivity index (χ2n) is 7.06. The van der Waals surface area contributed by atoms with Gasteiger partial charge in [-0.1, -0.05) is 60.7 Å². The van der Waals surface area contributed by atoms with E-state index >= 15 is 0 Å². The molecule has 5 nitrogen and oxygen atoms in total. The van der Waals surface area contributed by atoms with E-state index in [9.17, 15) is 13.2 Å². The summed E-state index contributed by atoms with van der Waals surface area (Å²) in [5, 5.41) is 0. The van der Waals surface area contributed by atoms with Gasteiger partial charge in [-0.3, -0.25) is 9.78 Å². The largest absolute Gasteiger partial charge is 0.268 e. The van der Waals surface area contributed by atoms with Crippen molar-refractivity contribution in [2.75, 3.05) is 0 Å². The lowest BCUT2D eigenvalue weighted by atomic mass is 9.86. The van der Waals surface area contributed by atoms with Crippen molar-refractivity contribution >= 4 is 15.9 Å². The number of hydrogen-bond acceptors (Lipinski definition) is 4. The van der Waals surface area contributed by atoms with Crippen LogP contribution in [0.2, 0.25) is 0 Å². The molecule has 0 spiro atoms. The Balaban J connectivity index is 1.91. The normalized spacial score (nSPS) is 19.6. The number of hydrogen-bond donors (Lipinski definition) is 0. The van der Waals surface area contributed by atoms with Gasteiger partial charge < -0.3 is 0 Å². The van der Waals surface area contributed by atoms with Gasteiger partial charge >= 0.3 is 0 Å². The van der Waals surface area contributed by atoms with Crippen LogP contribution >= 0.6 is 0 Å². The predicted octanol–water partition coefficient (Wildman–Crippen LogP) is 4.00. The van der Waals surface area contributed by atoms with Crippen LogP contribution in [0.3, 0.4) is 0 Å². The summed E-state index contributed by atoms with van der Waals surface area (Å²) in [6, 6.07) is 18.6. The van der Waals surface area contributed by atoms with Crippen LogP contribution in [0.5, 0.6) is 0 Å². The minimum Gasteiger partial charge on any atom is -0.268 e. The Bertz CT molecular complexity index is 1160. The Morgan fingerprint density at radius 2 is 1.59 bits per heavy atom. The van der Waals surface area contributed by atoms with Crippen molar-refractivity contribution in [2.45, 2.75) is 23.8 Å². The number of pyridine rings is 1. The lowest BCUT2D eigenvalue weighted by molar-refractivity contribution is -0.121. The van der Waals surface area contributed by atoms with Crippen LogP contribution in [0.15, 0.2) is 96.2 Å². The standard InChI is InChI=1S/C23H20N2O3S/c1-16-10-12-20(13-11-16)29(27,28)25-22(19-9-6-14-24-15-19)21(17(2)23(25)26)18-7-4-3-5-8-18/h3-15,21-22H,2H2,1H3/t21-,22+/m0/s1. The van der Waals surface area contributed by atoms with Crippen LogP contribution < -0.4 is 0 Å². The molecule has 1 amide bonds. The van der Waals surface area contributed by atoms with E-state index in [4.69, 9.17) is 0 Å². The zero-order chi connectivity index (χ0) is 20.6. The molecule has 4 rings (SSSR count). The third-order valence-electron chi connectivity index (χ3n) is 5.18. The Kier molecular flexibility index (Phi) is 4.80. The predicted molar refractivity (Wildman–Crippen MR) is 111 cm³/mol. The number of aromatic nitrogens is 1. The summed E-state index contributed by atoms with van der Waals surface area (Å²) < 4.78 is 28.0. The van der Waals surface area contributed by atoms with Crippen molar-refractivity contribution in [3.05, 3.63) is 108 Å². The average Bonchev–Trinajstić information content (AvgIpc) is 3.01. The Morgan fingerprint density at radius 3 is 2.21 bits per heavy atom. The highest BCUT2D eigenvalue weighted by atomic mass is 32.2. The van der Waals surface area contributed by atoms with Crippen LogP contribution in [0.1, 0.15) is 28.7 Å². The van der Waals surface area contributed by atoms with E-state index < -0.39 is 27.9 Å². The van der Waals surface area contributed by atoms with Gasteiger partial charge in [-0.25, -0.2) is 12.7 Å². The smallest absolute Gasteiger partial charge is 0.267 e. The van der Waals surface area contributed by atoms with E-state index in [1.54, 1.807) is 36.7 Å². The molecule has 29 heavy (non-hydrogen) atoms. The van der Waals surface area contributed by atoms with Gasteiger partial charge in [0.2, 0.25) is 0 Å². The van der Waals surface area contributed by atoms with Gasteiger partial charge in [0.1, 0.15) is 0 Å². The van der Waals surface area contributed by atoms with Crippen LogP contribution in [-0.4, -0.2) is 23.6 Å². The fourth-order valence-electron chi connectivity index (χ4n) is 3.73. The van der Waals surface area contributed by atoms with E-state index in [-0.39, 0.29) is 10.5 Å². The van der Waals surface area contributed by atoms with E-state index in [0.717, 1.165) is 15.4 Å². The molecule has 0 radical (unpaired) electrons. The summed E-state index contributed by atoms with van der Waals surface area (Å²) in [7, 11) is -4.08. The molecule has 2 aromatic carbocycles. The zero-order valence-corrected chi connectivity index (χ0v) is 16.7. The fourth-order valence-corrected chi connectivity index (χ4v) is 5.32. The maximum Gasteiger partial charge on any atom is 0.267 e. The first kappa shape index (κ1) is 19.1. The van der Waals surface area contributed by atoms with Gasteiger partial charge in [-0.05, 0) is 36.2 Å². The second-order valence-corrected chi connectivity index (χ2v) is 8.88. The number of amides is 1. The monoisotopic (exact) mass is 404 g/mol. The summed E-state index contributed by atoms with van der Waals surface area (Å²) in [4.78, 5) is 17.4. The van der Waals surface area contributed by atoms with E-state index in [1.165, 1.54) is 12.1 Å². The van der Waals surface area contributed by atoms with Gasteiger partial charge in [0.05, 0.1) is 10.9 Å². The van der Waals surface area contributed by atoms with Gasteiger partial charge in [0.25, 0.3) is 15.9 Å². The number of nitrogens with zero attached hydrogens (tertiary/aromatic N) is 2. The minimum absolute atomic E-state index is 0.0758. The molecule has 0 saturated carbocycles. The molecule has 1 aromatic heterocycles. The number of rotatable bonds is 4.